The molecule has 0 amide bonds. The zero-order valence-electron chi connectivity index (χ0n) is 7.71. The van der Waals surface area contributed by atoms with Crippen LogP contribution in [0.1, 0.15) is 22.7 Å². The van der Waals surface area contributed by atoms with Crippen LogP contribution in [0.25, 0.3) is 0 Å². The Morgan fingerprint density at radius 1 is 1.69 bits per heavy atom. The van der Waals surface area contributed by atoms with Gasteiger partial charge in [-0.25, -0.2) is 4.98 Å². The number of aromatic nitrogens is 1. The molecule has 1 aromatic rings. The van der Waals surface area contributed by atoms with Gasteiger partial charge in [0, 0.05) is 24.0 Å². The summed E-state index contributed by atoms with van der Waals surface area (Å²) in [5.74, 6) is 0.783. The van der Waals surface area contributed by atoms with Crippen LogP contribution in [0.5, 0.6) is 0 Å². The first kappa shape index (κ1) is 8.69. The number of hydrogen-bond acceptors (Lipinski definition) is 3. The van der Waals surface area contributed by atoms with Gasteiger partial charge in [0.25, 0.3) is 0 Å². The smallest absolute Gasteiger partial charge is 0.0961 e. The highest BCUT2D eigenvalue weighted by molar-refractivity contribution is 7.11. The zero-order valence-corrected chi connectivity index (χ0v) is 8.52. The molecule has 0 spiro atoms. The fourth-order valence-electron chi connectivity index (χ4n) is 1.57. The lowest BCUT2D eigenvalue weighted by Gasteiger charge is -2.15. The number of aryl methyl sites for hydroxylation is 1. The van der Waals surface area contributed by atoms with Crippen LogP contribution in [0, 0.1) is 12.3 Å². The average molecular weight is 195 g/mol. The molecule has 0 atom stereocenters. The van der Waals surface area contributed by atoms with Gasteiger partial charge in [0.2, 0.25) is 0 Å². The highest BCUT2D eigenvalue weighted by Crippen LogP contribution is 2.18. The van der Waals surface area contributed by atoms with Gasteiger partial charge in [0.05, 0.1) is 17.4 Å². The van der Waals surface area contributed by atoms with Crippen molar-refractivity contribution in [2.75, 3.05) is 6.54 Å². The Hall–Kier alpha value is -0.900. The standard InChI is InChI=1S/C9H13N3S/c1-7-11-5-8(13-7)6-12-4-2-3-9(12)10/h5,10H,2-4,6H2,1H3. The zero-order chi connectivity index (χ0) is 9.26. The molecule has 1 fully saturated rings. The van der Waals surface area contributed by atoms with E-state index in [9.17, 15) is 0 Å². The molecule has 4 heteroatoms. The molecule has 2 rings (SSSR count). The lowest BCUT2D eigenvalue weighted by atomic mass is 10.4. The molecule has 1 saturated heterocycles. The van der Waals surface area contributed by atoms with Crippen LogP contribution >= 0.6 is 11.3 Å². The minimum Gasteiger partial charge on any atom is -0.355 e. The first-order valence-corrected chi connectivity index (χ1v) is 5.31. The number of hydrogen-bond donors (Lipinski definition) is 1. The van der Waals surface area contributed by atoms with Gasteiger partial charge in [-0.15, -0.1) is 11.3 Å². The molecule has 0 aliphatic carbocycles. The third-order valence-corrected chi connectivity index (χ3v) is 3.14. The summed E-state index contributed by atoms with van der Waals surface area (Å²) in [4.78, 5) is 7.60. The van der Waals surface area contributed by atoms with Crippen molar-refractivity contribution in [2.45, 2.75) is 26.3 Å². The average Bonchev–Trinajstić information content (AvgIpc) is 2.64. The summed E-state index contributed by atoms with van der Waals surface area (Å²) in [7, 11) is 0. The Bertz CT molecular complexity index is 318. The van der Waals surface area contributed by atoms with Crippen molar-refractivity contribution < 1.29 is 0 Å². The van der Waals surface area contributed by atoms with E-state index in [0.717, 1.165) is 36.8 Å². The number of nitrogens with one attached hydrogen (secondary N) is 1. The third kappa shape index (κ3) is 1.88. The first-order valence-electron chi connectivity index (χ1n) is 4.49. The van der Waals surface area contributed by atoms with Gasteiger partial charge in [-0.3, -0.25) is 5.41 Å². The number of amidine groups is 1. The fourth-order valence-corrected chi connectivity index (χ4v) is 2.38. The molecule has 3 nitrogen and oxygen atoms in total. The monoisotopic (exact) mass is 195 g/mol. The second-order valence-corrected chi connectivity index (χ2v) is 4.64. The summed E-state index contributed by atoms with van der Waals surface area (Å²) in [5.41, 5.74) is 0. The Labute approximate surface area is 81.9 Å². The fraction of sp³-hybridized carbons (Fsp3) is 0.556. The van der Waals surface area contributed by atoms with E-state index >= 15 is 0 Å². The summed E-state index contributed by atoms with van der Waals surface area (Å²) in [6.45, 7) is 3.93. The molecule has 0 bridgehead atoms. The minimum atomic E-state index is 0.783. The number of nitrogens with zero attached hydrogens (tertiary/aromatic N) is 2. The van der Waals surface area contributed by atoms with Crippen LogP contribution in [0.4, 0.5) is 0 Å². The Balaban J connectivity index is 2.01. The van der Waals surface area contributed by atoms with Crippen molar-refractivity contribution in [3.63, 3.8) is 0 Å². The summed E-state index contributed by atoms with van der Waals surface area (Å²) in [6.07, 6.45) is 4.00. The molecule has 1 aliphatic rings. The van der Waals surface area contributed by atoms with Crippen molar-refractivity contribution >= 4 is 17.2 Å². The van der Waals surface area contributed by atoms with E-state index in [1.165, 1.54) is 4.88 Å². The predicted molar refractivity (Wildman–Crippen MR) is 54.2 cm³/mol. The molecule has 1 aromatic heterocycles. The van der Waals surface area contributed by atoms with E-state index in [-0.39, 0.29) is 0 Å². The lowest BCUT2D eigenvalue weighted by Crippen LogP contribution is -2.22. The SMILES string of the molecule is Cc1ncc(CN2CCCC2=N)s1. The largest absolute Gasteiger partial charge is 0.355 e. The Morgan fingerprint density at radius 3 is 3.08 bits per heavy atom. The maximum Gasteiger partial charge on any atom is 0.0961 e. The third-order valence-electron chi connectivity index (χ3n) is 2.24. The summed E-state index contributed by atoms with van der Waals surface area (Å²) in [5, 5.41) is 8.78. The van der Waals surface area contributed by atoms with E-state index in [1.807, 2.05) is 13.1 Å². The lowest BCUT2D eigenvalue weighted by molar-refractivity contribution is 0.450. The maximum absolute atomic E-state index is 7.67. The molecule has 1 aliphatic heterocycles. The normalized spacial score (nSPS) is 17.0. The van der Waals surface area contributed by atoms with E-state index in [0.29, 0.717) is 0 Å². The van der Waals surface area contributed by atoms with Gasteiger partial charge in [-0.2, -0.15) is 0 Å². The molecule has 70 valence electrons. The van der Waals surface area contributed by atoms with Crippen molar-refractivity contribution in [3.05, 3.63) is 16.1 Å². The van der Waals surface area contributed by atoms with E-state index in [1.54, 1.807) is 11.3 Å². The van der Waals surface area contributed by atoms with Crippen LogP contribution in [-0.2, 0) is 6.54 Å². The molecule has 0 unspecified atom stereocenters. The van der Waals surface area contributed by atoms with Crippen molar-refractivity contribution in [2.24, 2.45) is 0 Å². The van der Waals surface area contributed by atoms with Crippen LogP contribution in [0.3, 0.4) is 0 Å². The number of thiazole rings is 1. The molecular formula is C9H13N3S. The molecule has 2 heterocycles. The highest BCUT2D eigenvalue weighted by atomic mass is 32.1. The molecule has 0 saturated carbocycles. The van der Waals surface area contributed by atoms with Crippen LogP contribution < -0.4 is 0 Å². The van der Waals surface area contributed by atoms with E-state index in [4.69, 9.17) is 5.41 Å². The van der Waals surface area contributed by atoms with Crippen molar-refractivity contribution in [1.82, 2.24) is 9.88 Å². The van der Waals surface area contributed by atoms with Gasteiger partial charge >= 0.3 is 0 Å². The quantitative estimate of drug-likeness (QED) is 0.784. The van der Waals surface area contributed by atoms with Crippen LogP contribution in [0.2, 0.25) is 0 Å². The summed E-state index contributed by atoms with van der Waals surface area (Å²) in [6, 6.07) is 0. The minimum absolute atomic E-state index is 0.783. The van der Waals surface area contributed by atoms with Crippen LogP contribution in [0.15, 0.2) is 6.20 Å². The van der Waals surface area contributed by atoms with Crippen LogP contribution in [-0.4, -0.2) is 22.3 Å². The van der Waals surface area contributed by atoms with Gasteiger partial charge in [-0.1, -0.05) is 0 Å². The maximum atomic E-state index is 7.67. The van der Waals surface area contributed by atoms with Crippen molar-refractivity contribution in [1.29, 1.82) is 5.41 Å². The van der Waals surface area contributed by atoms with Gasteiger partial charge in [0.1, 0.15) is 0 Å². The van der Waals surface area contributed by atoms with E-state index < -0.39 is 0 Å². The molecule has 0 aromatic carbocycles. The first-order chi connectivity index (χ1) is 6.25. The molecular weight excluding hydrogens is 182 g/mol. The second-order valence-electron chi connectivity index (χ2n) is 3.32. The molecule has 13 heavy (non-hydrogen) atoms. The molecule has 0 radical (unpaired) electrons. The van der Waals surface area contributed by atoms with Gasteiger partial charge in [0.15, 0.2) is 0 Å². The highest BCUT2D eigenvalue weighted by Gasteiger charge is 2.17. The predicted octanol–water partition coefficient (Wildman–Crippen LogP) is 2.02. The van der Waals surface area contributed by atoms with Gasteiger partial charge in [-0.05, 0) is 13.3 Å². The summed E-state index contributed by atoms with van der Waals surface area (Å²) >= 11 is 1.73. The van der Waals surface area contributed by atoms with Gasteiger partial charge < -0.3 is 4.90 Å². The Kier molecular flexibility index (Phi) is 2.31. The van der Waals surface area contributed by atoms with E-state index in [2.05, 4.69) is 9.88 Å². The topological polar surface area (TPSA) is 40.0 Å². The number of likely N-dealkylation sites (tertiary alicyclic amines) is 1. The number of rotatable bonds is 2. The summed E-state index contributed by atoms with van der Waals surface area (Å²) < 4.78 is 0. The Morgan fingerprint density at radius 2 is 2.54 bits per heavy atom. The second kappa shape index (κ2) is 3.46. The van der Waals surface area contributed by atoms with Crippen molar-refractivity contribution in [3.8, 4) is 0 Å². The molecule has 1 N–H and O–H groups in total.